The van der Waals surface area contributed by atoms with Gasteiger partial charge in [0.05, 0.1) is 11.4 Å². The molecule has 2 aromatic rings. The van der Waals surface area contributed by atoms with Crippen molar-refractivity contribution in [2.75, 3.05) is 0 Å². The number of aryl methyl sites for hydroxylation is 2. The summed E-state index contributed by atoms with van der Waals surface area (Å²) in [6, 6.07) is 5.02. The second kappa shape index (κ2) is 7.72. The van der Waals surface area contributed by atoms with Crippen LogP contribution in [0, 0.1) is 12.8 Å². The van der Waals surface area contributed by atoms with Gasteiger partial charge in [-0.25, -0.2) is 4.98 Å². The normalized spacial score (nSPS) is 10.8. The summed E-state index contributed by atoms with van der Waals surface area (Å²) in [6.07, 6.45) is 4.61. The number of carbonyl (C=O) groups excluding carboxylic acids is 2. The van der Waals surface area contributed by atoms with Crippen molar-refractivity contribution in [3.8, 4) is 0 Å². The van der Waals surface area contributed by atoms with E-state index in [4.69, 9.17) is 0 Å². The third kappa shape index (κ3) is 5.06. The summed E-state index contributed by atoms with van der Waals surface area (Å²) in [5.74, 6) is 0.148. The first kappa shape index (κ1) is 16.9. The molecule has 0 radical (unpaired) electrons. The lowest BCUT2D eigenvalue weighted by Crippen LogP contribution is -2.10. The van der Waals surface area contributed by atoms with Crippen molar-refractivity contribution in [2.45, 2.75) is 40.0 Å². The Bertz CT molecular complexity index is 694. The Balaban J connectivity index is 2.02. The molecule has 2 aromatic heterocycles. The quantitative estimate of drug-likeness (QED) is 0.734. The third-order valence-electron chi connectivity index (χ3n) is 3.36. The largest absolute Gasteiger partial charge is 0.292 e. The summed E-state index contributed by atoms with van der Waals surface area (Å²) in [5.41, 5.74) is 2.31. The Kier molecular flexibility index (Phi) is 5.68. The zero-order chi connectivity index (χ0) is 16.8. The fourth-order valence-electron chi connectivity index (χ4n) is 2.14. The van der Waals surface area contributed by atoms with E-state index in [0.717, 1.165) is 11.4 Å². The number of pyridine rings is 1. The van der Waals surface area contributed by atoms with E-state index >= 15 is 0 Å². The molecule has 0 saturated heterocycles. The molecule has 0 amide bonds. The highest BCUT2D eigenvalue weighted by Gasteiger charge is 2.13. The first-order valence-electron chi connectivity index (χ1n) is 7.76. The maximum absolute atomic E-state index is 12.3. The minimum absolute atomic E-state index is 0.0287. The van der Waals surface area contributed by atoms with E-state index in [2.05, 4.69) is 15.0 Å². The van der Waals surface area contributed by atoms with Gasteiger partial charge in [-0.1, -0.05) is 19.9 Å². The van der Waals surface area contributed by atoms with E-state index in [0.29, 0.717) is 30.7 Å². The van der Waals surface area contributed by atoms with Gasteiger partial charge in [0.2, 0.25) is 0 Å². The van der Waals surface area contributed by atoms with Gasteiger partial charge >= 0.3 is 0 Å². The zero-order valence-electron chi connectivity index (χ0n) is 13.7. The molecule has 120 valence electrons. The van der Waals surface area contributed by atoms with E-state index in [1.807, 2.05) is 20.8 Å². The summed E-state index contributed by atoms with van der Waals surface area (Å²) >= 11 is 0. The molecule has 0 atom stereocenters. The van der Waals surface area contributed by atoms with E-state index < -0.39 is 0 Å². The first-order valence-corrected chi connectivity index (χ1v) is 7.76. The van der Waals surface area contributed by atoms with Gasteiger partial charge < -0.3 is 0 Å². The smallest absolute Gasteiger partial charge is 0.181 e. The number of carbonyl (C=O) groups is 2. The van der Waals surface area contributed by atoms with Crippen LogP contribution in [0.2, 0.25) is 0 Å². The van der Waals surface area contributed by atoms with E-state index in [1.54, 1.807) is 30.6 Å². The molecule has 0 aromatic carbocycles. The molecule has 0 aliphatic carbocycles. The fourth-order valence-corrected chi connectivity index (χ4v) is 2.14. The van der Waals surface area contributed by atoms with E-state index in [9.17, 15) is 9.59 Å². The summed E-state index contributed by atoms with van der Waals surface area (Å²) < 4.78 is 0. The van der Waals surface area contributed by atoms with Crippen LogP contribution in [0.25, 0.3) is 0 Å². The van der Waals surface area contributed by atoms with Gasteiger partial charge in [0.15, 0.2) is 11.6 Å². The number of Topliss-reactive ketones (excluding diaryl/α,β-unsaturated/α-hetero) is 2. The number of rotatable bonds is 7. The van der Waals surface area contributed by atoms with Crippen LogP contribution in [-0.2, 0) is 6.42 Å². The molecule has 2 rings (SSSR count). The van der Waals surface area contributed by atoms with Gasteiger partial charge in [-0.05, 0) is 31.4 Å². The highest BCUT2D eigenvalue weighted by atomic mass is 16.1. The van der Waals surface area contributed by atoms with Crippen molar-refractivity contribution in [1.82, 2.24) is 15.0 Å². The maximum Gasteiger partial charge on any atom is 0.181 e. The standard InChI is InChI=1S/C18H21N3O2/c1-12(2)9-18(23)16-6-4-5-15(21-16)17(22)8-7-14-11-19-13(3)10-20-14/h4-6,10-12H,7-9H2,1-3H3. The lowest BCUT2D eigenvalue weighted by molar-refractivity contribution is 0.0962. The van der Waals surface area contributed by atoms with Crippen LogP contribution in [-0.4, -0.2) is 26.5 Å². The molecule has 5 nitrogen and oxygen atoms in total. The summed E-state index contributed by atoms with van der Waals surface area (Å²) in [4.78, 5) is 36.9. The summed E-state index contributed by atoms with van der Waals surface area (Å²) in [6.45, 7) is 5.83. The molecule has 0 aliphatic heterocycles. The van der Waals surface area contributed by atoms with Crippen molar-refractivity contribution in [2.24, 2.45) is 5.92 Å². The van der Waals surface area contributed by atoms with Gasteiger partial charge in [0.25, 0.3) is 0 Å². The number of hydrogen-bond acceptors (Lipinski definition) is 5. The van der Waals surface area contributed by atoms with Crippen LogP contribution in [0.3, 0.4) is 0 Å². The average molecular weight is 311 g/mol. The van der Waals surface area contributed by atoms with Crippen molar-refractivity contribution in [1.29, 1.82) is 0 Å². The lowest BCUT2D eigenvalue weighted by atomic mass is 10.0. The van der Waals surface area contributed by atoms with Gasteiger partial charge in [0.1, 0.15) is 11.4 Å². The lowest BCUT2D eigenvalue weighted by Gasteiger charge is -2.05. The molecule has 0 unspecified atom stereocenters. The minimum Gasteiger partial charge on any atom is -0.292 e. The highest BCUT2D eigenvalue weighted by molar-refractivity contribution is 5.98. The van der Waals surface area contributed by atoms with Gasteiger partial charge in [-0.15, -0.1) is 0 Å². The third-order valence-corrected chi connectivity index (χ3v) is 3.36. The predicted octanol–water partition coefficient (Wildman–Crippen LogP) is 3.22. The predicted molar refractivity (Wildman–Crippen MR) is 87.4 cm³/mol. The van der Waals surface area contributed by atoms with Crippen molar-refractivity contribution in [3.05, 3.63) is 53.4 Å². The van der Waals surface area contributed by atoms with Crippen LogP contribution in [0.5, 0.6) is 0 Å². The second-order valence-electron chi connectivity index (χ2n) is 6.00. The Hall–Kier alpha value is -2.43. The monoisotopic (exact) mass is 311 g/mol. The minimum atomic E-state index is -0.0911. The van der Waals surface area contributed by atoms with Crippen molar-refractivity contribution in [3.63, 3.8) is 0 Å². The molecule has 0 spiro atoms. The molecule has 0 aliphatic rings. The molecule has 0 saturated carbocycles. The Labute approximate surface area is 136 Å². The van der Waals surface area contributed by atoms with Crippen LogP contribution >= 0.6 is 0 Å². The first-order chi connectivity index (χ1) is 11.0. The SMILES string of the molecule is Cc1cnc(CCC(=O)c2cccc(C(=O)CC(C)C)n2)cn1. The summed E-state index contributed by atoms with van der Waals surface area (Å²) in [5, 5.41) is 0. The van der Waals surface area contributed by atoms with Gasteiger partial charge in [-0.3, -0.25) is 19.6 Å². The van der Waals surface area contributed by atoms with Crippen LogP contribution < -0.4 is 0 Å². The Morgan fingerprint density at radius 3 is 2.35 bits per heavy atom. The number of aromatic nitrogens is 3. The molecule has 2 heterocycles. The molecule has 23 heavy (non-hydrogen) atoms. The van der Waals surface area contributed by atoms with Crippen LogP contribution in [0.1, 0.15) is 59.1 Å². The van der Waals surface area contributed by atoms with Gasteiger partial charge in [-0.2, -0.15) is 0 Å². The number of hydrogen-bond donors (Lipinski definition) is 0. The number of nitrogens with zero attached hydrogens (tertiary/aromatic N) is 3. The van der Waals surface area contributed by atoms with E-state index in [1.165, 1.54) is 0 Å². The maximum atomic E-state index is 12.3. The van der Waals surface area contributed by atoms with E-state index in [-0.39, 0.29) is 17.5 Å². The Morgan fingerprint density at radius 1 is 1.04 bits per heavy atom. The zero-order valence-corrected chi connectivity index (χ0v) is 13.7. The van der Waals surface area contributed by atoms with Crippen molar-refractivity contribution < 1.29 is 9.59 Å². The molecule has 0 N–H and O–H groups in total. The van der Waals surface area contributed by atoms with Crippen LogP contribution in [0.15, 0.2) is 30.6 Å². The Morgan fingerprint density at radius 2 is 1.74 bits per heavy atom. The molecule has 5 heteroatoms. The highest BCUT2D eigenvalue weighted by Crippen LogP contribution is 2.10. The molecule has 0 bridgehead atoms. The average Bonchev–Trinajstić information content (AvgIpc) is 2.53. The summed E-state index contributed by atoms with van der Waals surface area (Å²) in [7, 11) is 0. The molecule has 0 fully saturated rings. The van der Waals surface area contributed by atoms with Gasteiger partial charge in [0, 0.05) is 25.2 Å². The second-order valence-corrected chi connectivity index (χ2v) is 6.00. The fraction of sp³-hybridized carbons (Fsp3) is 0.389. The topological polar surface area (TPSA) is 72.8 Å². The number of ketones is 2. The van der Waals surface area contributed by atoms with Crippen molar-refractivity contribution >= 4 is 11.6 Å². The van der Waals surface area contributed by atoms with Crippen LogP contribution in [0.4, 0.5) is 0 Å². The molecular weight excluding hydrogens is 290 g/mol. The molecular formula is C18H21N3O2.